The van der Waals surface area contributed by atoms with Gasteiger partial charge >= 0.3 is 0 Å². The molecule has 0 unspecified atom stereocenters. The summed E-state index contributed by atoms with van der Waals surface area (Å²) in [7, 11) is 0. The second-order valence-electron chi connectivity index (χ2n) is 7.03. The number of guanidine groups is 1. The summed E-state index contributed by atoms with van der Waals surface area (Å²) in [5.74, 6) is 0.583. The topological polar surface area (TPSA) is 67.6 Å². The molecule has 0 spiro atoms. The Balaban J connectivity index is 1.46. The molecule has 0 atom stereocenters. The van der Waals surface area contributed by atoms with Crippen molar-refractivity contribution in [1.82, 2.24) is 10.1 Å². The lowest BCUT2D eigenvalue weighted by Crippen LogP contribution is -2.40. The Morgan fingerprint density at radius 1 is 1.07 bits per heavy atom. The molecule has 0 bridgehead atoms. The Hall–Kier alpha value is -3.15. The van der Waals surface area contributed by atoms with Crippen molar-refractivity contribution in [3.05, 3.63) is 71.7 Å². The van der Waals surface area contributed by atoms with Gasteiger partial charge in [0.2, 0.25) is 0 Å². The Morgan fingerprint density at radius 3 is 2.61 bits per heavy atom. The third-order valence-corrected chi connectivity index (χ3v) is 4.95. The Morgan fingerprint density at radius 2 is 1.86 bits per heavy atom. The standard InChI is InChI=1S/C22H23FN4O/c23-20-14-16(9-10-19(20)17-7-3-1-4-8-17)13-18-15-21(28-26-18)25-22(24)27-11-5-2-6-12-27/h1,3-4,7-10,14-15H,2,5-6,11-13H2,(H2,24,25). The van der Waals surface area contributed by atoms with Gasteiger partial charge in [0.1, 0.15) is 5.82 Å². The summed E-state index contributed by atoms with van der Waals surface area (Å²) < 4.78 is 19.8. The number of nitrogens with zero attached hydrogens (tertiary/aromatic N) is 3. The number of piperidine rings is 1. The van der Waals surface area contributed by atoms with Gasteiger partial charge < -0.3 is 15.2 Å². The van der Waals surface area contributed by atoms with Crippen molar-refractivity contribution in [2.75, 3.05) is 13.1 Å². The SMILES string of the molecule is N/C(=N/c1cc(Cc2ccc(-c3ccccc3)c(F)c2)no1)N1CCCCC1. The average molecular weight is 378 g/mol. The van der Waals surface area contributed by atoms with Crippen LogP contribution in [0, 0.1) is 5.82 Å². The van der Waals surface area contributed by atoms with E-state index in [9.17, 15) is 4.39 Å². The zero-order valence-electron chi connectivity index (χ0n) is 15.6. The van der Waals surface area contributed by atoms with Gasteiger partial charge in [0.15, 0.2) is 5.96 Å². The lowest BCUT2D eigenvalue weighted by molar-refractivity contribution is 0.337. The number of hydrogen-bond donors (Lipinski definition) is 1. The molecule has 3 aromatic rings. The molecule has 1 aliphatic heterocycles. The number of hydrogen-bond acceptors (Lipinski definition) is 3. The molecule has 1 aliphatic rings. The smallest absolute Gasteiger partial charge is 0.253 e. The molecule has 5 nitrogen and oxygen atoms in total. The van der Waals surface area contributed by atoms with E-state index in [2.05, 4.69) is 15.0 Å². The number of aliphatic imine (C=N–C) groups is 1. The quantitative estimate of drug-likeness (QED) is 0.536. The number of rotatable bonds is 4. The monoisotopic (exact) mass is 378 g/mol. The van der Waals surface area contributed by atoms with Crippen LogP contribution in [0.5, 0.6) is 0 Å². The molecule has 6 heteroatoms. The average Bonchev–Trinajstić information content (AvgIpc) is 3.16. The second kappa shape index (κ2) is 8.25. The normalized spacial score (nSPS) is 15.0. The summed E-state index contributed by atoms with van der Waals surface area (Å²) in [6, 6.07) is 16.5. The first-order valence-corrected chi connectivity index (χ1v) is 9.57. The maximum Gasteiger partial charge on any atom is 0.253 e. The van der Waals surface area contributed by atoms with Crippen LogP contribution in [-0.4, -0.2) is 29.1 Å². The minimum absolute atomic E-state index is 0.250. The molecule has 1 saturated heterocycles. The first kappa shape index (κ1) is 18.2. The molecule has 144 valence electrons. The predicted octanol–water partition coefficient (Wildman–Crippen LogP) is 4.50. The van der Waals surface area contributed by atoms with E-state index >= 15 is 0 Å². The molecule has 0 saturated carbocycles. The first-order valence-electron chi connectivity index (χ1n) is 9.57. The lowest BCUT2D eigenvalue weighted by atomic mass is 10.0. The molecule has 0 aliphatic carbocycles. The molecule has 1 aromatic heterocycles. The zero-order valence-corrected chi connectivity index (χ0v) is 15.6. The van der Waals surface area contributed by atoms with Crippen LogP contribution >= 0.6 is 0 Å². The molecular weight excluding hydrogens is 355 g/mol. The zero-order chi connectivity index (χ0) is 19.3. The van der Waals surface area contributed by atoms with E-state index in [0.717, 1.165) is 37.1 Å². The Labute approximate surface area is 163 Å². The molecule has 0 radical (unpaired) electrons. The van der Waals surface area contributed by atoms with Crippen LogP contribution in [0.2, 0.25) is 0 Å². The van der Waals surface area contributed by atoms with Gasteiger partial charge in [-0.25, -0.2) is 4.39 Å². The summed E-state index contributed by atoms with van der Waals surface area (Å²) in [6.07, 6.45) is 3.95. The summed E-state index contributed by atoms with van der Waals surface area (Å²) in [6.45, 7) is 1.84. The molecule has 0 amide bonds. The number of nitrogens with two attached hydrogens (primary N) is 1. The van der Waals surface area contributed by atoms with Crippen molar-refractivity contribution >= 4 is 11.8 Å². The molecule has 4 rings (SSSR count). The Kier molecular flexibility index (Phi) is 5.37. The van der Waals surface area contributed by atoms with E-state index in [1.54, 1.807) is 18.2 Å². The highest BCUT2D eigenvalue weighted by Crippen LogP contribution is 2.25. The van der Waals surface area contributed by atoms with E-state index in [1.165, 1.54) is 6.42 Å². The number of likely N-dealkylation sites (tertiary alicyclic amines) is 1. The third-order valence-electron chi connectivity index (χ3n) is 4.95. The van der Waals surface area contributed by atoms with E-state index in [0.29, 0.717) is 29.5 Å². The minimum Gasteiger partial charge on any atom is -0.369 e. The van der Waals surface area contributed by atoms with Gasteiger partial charge in [-0.2, -0.15) is 4.99 Å². The van der Waals surface area contributed by atoms with Crippen LogP contribution in [-0.2, 0) is 6.42 Å². The van der Waals surface area contributed by atoms with Gasteiger partial charge in [-0.15, -0.1) is 0 Å². The van der Waals surface area contributed by atoms with Crippen molar-refractivity contribution in [3.8, 4) is 11.1 Å². The van der Waals surface area contributed by atoms with E-state index in [4.69, 9.17) is 10.3 Å². The van der Waals surface area contributed by atoms with Crippen LogP contribution in [0.3, 0.4) is 0 Å². The van der Waals surface area contributed by atoms with Gasteiger partial charge in [0, 0.05) is 31.1 Å². The highest BCUT2D eigenvalue weighted by atomic mass is 19.1. The van der Waals surface area contributed by atoms with Crippen LogP contribution < -0.4 is 5.73 Å². The number of halogens is 1. The van der Waals surface area contributed by atoms with Crippen LogP contribution in [0.1, 0.15) is 30.5 Å². The van der Waals surface area contributed by atoms with Crippen LogP contribution in [0.15, 0.2) is 64.1 Å². The fourth-order valence-corrected chi connectivity index (χ4v) is 3.47. The predicted molar refractivity (Wildman–Crippen MR) is 108 cm³/mol. The number of aromatic nitrogens is 1. The van der Waals surface area contributed by atoms with Crippen molar-refractivity contribution < 1.29 is 8.91 Å². The fraction of sp³-hybridized carbons (Fsp3) is 0.273. The summed E-state index contributed by atoms with van der Waals surface area (Å²) in [5, 5.41) is 4.04. The van der Waals surface area contributed by atoms with Crippen molar-refractivity contribution in [3.63, 3.8) is 0 Å². The lowest BCUT2D eigenvalue weighted by Gasteiger charge is -2.27. The van der Waals surface area contributed by atoms with E-state index < -0.39 is 0 Å². The van der Waals surface area contributed by atoms with Crippen LogP contribution in [0.25, 0.3) is 11.1 Å². The summed E-state index contributed by atoms with van der Waals surface area (Å²) in [4.78, 5) is 6.39. The van der Waals surface area contributed by atoms with Gasteiger partial charge in [-0.3, -0.25) is 0 Å². The van der Waals surface area contributed by atoms with Crippen molar-refractivity contribution in [2.45, 2.75) is 25.7 Å². The van der Waals surface area contributed by atoms with Crippen LogP contribution in [0.4, 0.5) is 10.3 Å². The van der Waals surface area contributed by atoms with E-state index in [1.807, 2.05) is 36.4 Å². The molecule has 28 heavy (non-hydrogen) atoms. The largest absolute Gasteiger partial charge is 0.369 e. The first-order chi connectivity index (χ1) is 13.7. The van der Waals surface area contributed by atoms with Gasteiger partial charge in [0.25, 0.3) is 5.88 Å². The van der Waals surface area contributed by atoms with Crippen molar-refractivity contribution in [2.24, 2.45) is 10.7 Å². The highest BCUT2D eigenvalue weighted by Gasteiger charge is 2.14. The molecule has 2 heterocycles. The molecule has 2 N–H and O–H groups in total. The maximum absolute atomic E-state index is 14.5. The van der Waals surface area contributed by atoms with Gasteiger partial charge in [-0.05, 0) is 36.5 Å². The molecule has 2 aromatic carbocycles. The summed E-state index contributed by atoms with van der Waals surface area (Å²) in [5.41, 5.74) is 9.03. The summed E-state index contributed by atoms with van der Waals surface area (Å²) >= 11 is 0. The van der Waals surface area contributed by atoms with Gasteiger partial charge in [-0.1, -0.05) is 47.6 Å². The van der Waals surface area contributed by atoms with E-state index in [-0.39, 0.29) is 5.82 Å². The maximum atomic E-state index is 14.5. The Bertz CT molecular complexity index is 962. The van der Waals surface area contributed by atoms with Crippen molar-refractivity contribution in [1.29, 1.82) is 0 Å². The third kappa shape index (κ3) is 4.22. The fourth-order valence-electron chi connectivity index (χ4n) is 3.47. The molecular formula is C22H23FN4O. The minimum atomic E-state index is -0.250. The van der Waals surface area contributed by atoms with Gasteiger partial charge in [0.05, 0.1) is 5.69 Å². The highest BCUT2D eigenvalue weighted by molar-refractivity contribution is 5.80. The second-order valence-corrected chi connectivity index (χ2v) is 7.03. The number of benzene rings is 2. The molecule has 1 fully saturated rings.